The summed E-state index contributed by atoms with van der Waals surface area (Å²) in [5.74, 6) is 0.311. The Hall–Kier alpha value is -0.400. The van der Waals surface area contributed by atoms with Crippen LogP contribution in [0, 0.1) is 0 Å². The van der Waals surface area contributed by atoms with E-state index in [-0.39, 0.29) is 10.8 Å². The number of unbranched alkanes of at least 4 members (excludes halogenated alkanes) is 3. The molecular weight excluding hydrogens is 279 g/mol. The van der Waals surface area contributed by atoms with Crippen LogP contribution in [0.25, 0.3) is 0 Å². The van der Waals surface area contributed by atoms with Gasteiger partial charge >= 0.3 is 0 Å². The molecule has 0 bridgehead atoms. The highest BCUT2D eigenvalue weighted by atomic mass is 35.5. The highest BCUT2D eigenvalue weighted by molar-refractivity contribution is 6.29. The standard InChI is InChI=1S/C16H24Cl2O/c1-2-3-4-5-9-15(17)16(18)11-10-13-7-6-8-14(19)12-13/h6-8,12,15-16,19H,2-5,9-11H2,1H3. The molecule has 0 radical (unpaired) electrons. The van der Waals surface area contributed by atoms with Crippen molar-refractivity contribution in [2.45, 2.75) is 62.6 Å². The van der Waals surface area contributed by atoms with Crippen molar-refractivity contribution in [3.05, 3.63) is 29.8 Å². The van der Waals surface area contributed by atoms with Gasteiger partial charge in [0.1, 0.15) is 5.75 Å². The molecule has 1 nitrogen and oxygen atoms in total. The molecule has 2 atom stereocenters. The van der Waals surface area contributed by atoms with Gasteiger partial charge in [-0.1, -0.05) is 44.7 Å². The lowest BCUT2D eigenvalue weighted by atomic mass is 10.0. The van der Waals surface area contributed by atoms with Crippen molar-refractivity contribution in [3.8, 4) is 5.75 Å². The molecule has 1 N–H and O–H groups in total. The average molecular weight is 303 g/mol. The zero-order valence-corrected chi connectivity index (χ0v) is 13.1. The first kappa shape index (κ1) is 16.7. The topological polar surface area (TPSA) is 20.2 Å². The molecule has 0 aliphatic rings. The minimum Gasteiger partial charge on any atom is -0.508 e. The second-order valence-corrected chi connectivity index (χ2v) is 6.21. The molecule has 2 unspecified atom stereocenters. The Morgan fingerprint density at radius 2 is 1.79 bits per heavy atom. The van der Waals surface area contributed by atoms with Crippen LogP contribution in [0.1, 0.15) is 51.0 Å². The third kappa shape index (κ3) is 7.08. The molecule has 1 aromatic carbocycles. The third-order valence-electron chi connectivity index (χ3n) is 3.35. The first-order valence-electron chi connectivity index (χ1n) is 7.19. The van der Waals surface area contributed by atoms with E-state index in [4.69, 9.17) is 23.2 Å². The van der Waals surface area contributed by atoms with E-state index < -0.39 is 0 Å². The molecule has 3 heteroatoms. The summed E-state index contributed by atoms with van der Waals surface area (Å²) in [6, 6.07) is 7.33. The monoisotopic (exact) mass is 302 g/mol. The van der Waals surface area contributed by atoms with E-state index in [9.17, 15) is 5.11 Å². The molecule has 0 aliphatic heterocycles. The maximum Gasteiger partial charge on any atom is 0.115 e. The molecule has 19 heavy (non-hydrogen) atoms. The van der Waals surface area contributed by atoms with Crippen molar-refractivity contribution in [2.75, 3.05) is 0 Å². The summed E-state index contributed by atoms with van der Waals surface area (Å²) in [6.07, 6.45) is 7.64. The normalized spacial score (nSPS) is 14.3. The Morgan fingerprint density at radius 3 is 2.47 bits per heavy atom. The van der Waals surface area contributed by atoms with Crippen molar-refractivity contribution in [2.24, 2.45) is 0 Å². The summed E-state index contributed by atoms with van der Waals surface area (Å²) in [5, 5.41) is 9.45. The fourth-order valence-corrected chi connectivity index (χ4v) is 2.66. The van der Waals surface area contributed by atoms with Gasteiger partial charge in [0.05, 0.1) is 5.38 Å². The van der Waals surface area contributed by atoms with Gasteiger partial charge in [-0.05, 0) is 37.0 Å². The molecule has 0 saturated heterocycles. The van der Waals surface area contributed by atoms with Gasteiger partial charge in [-0.3, -0.25) is 0 Å². The lowest BCUT2D eigenvalue weighted by molar-refractivity contribution is 0.474. The van der Waals surface area contributed by atoms with Crippen LogP contribution in [0.15, 0.2) is 24.3 Å². The van der Waals surface area contributed by atoms with Crippen molar-refractivity contribution in [1.29, 1.82) is 0 Å². The highest BCUT2D eigenvalue weighted by Crippen LogP contribution is 2.22. The molecule has 0 heterocycles. The van der Waals surface area contributed by atoms with E-state index >= 15 is 0 Å². The zero-order chi connectivity index (χ0) is 14.1. The summed E-state index contributed by atoms with van der Waals surface area (Å²) in [5.41, 5.74) is 1.11. The van der Waals surface area contributed by atoms with Crippen molar-refractivity contribution in [1.82, 2.24) is 0 Å². The number of phenols is 1. The lowest BCUT2D eigenvalue weighted by Gasteiger charge is -2.16. The zero-order valence-electron chi connectivity index (χ0n) is 11.6. The van der Waals surface area contributed by atoms with E-state index in [1.165, 1.54) is 19.3 Å². The van der Waals surface area contributed by atoms with Gasteiger partial charge in [-0.25, -0.2) is 0 Å². The van der Waals surface area contributed by atoms with Crippen molar-refractivity contribution < 1.29 is 5.11 Å². The smallest absolute Gasteiger partial charge is 0.115 e. The second-order valence-electron chi connectivity index (χ2n) is 5.09. The molecule has 1 rings (SSSR count). The van der Waals surface area contributed by atoms with Gasteiger partial charge in [0, 0.05) is 5.38 Å². The molecule has 0 spiro atoms. The van der Waals surface area contributed by atoms with Crippen molar-refractivity contribution in [3.63, 3.8) is 0 Å². The Bertz CT molecular complexity index is 354. The Labute approximate surface area is 126 Å². The molecule has 0 aromatic heterocycles. The Balaban J connectivity index is 2.24. The molecule has 108 valence electrons. The number of hydrogen-bond acceptors (Lipinski definition) is 1. The summed E-state index contributed by atoms with van der Waals surface area (Å²) >= 11 is 12.7. The van der Waals surface area contributed by atoms with Crippen LogP contribution in [0.5, 0.6) is 5.75 Å². The molecule has 0 saturated carbocycles. The number of hydrogen-bond donors (Lipinski definition) is 1. The van der Waals surface area contributed by atoms with Crippen LogP contribution in [0.2, 0.25) is 0 Å². The number of phenolic OH excluding ortho intramolecular Hbond substituents is 1. The predicted molar refractivity (Wildman–Crippen MR) is 84.5 cm³/mol. The van der Waals surface area contributed by atoms with Gasteiger partial charge in [-0.15, -0.1) is 23.2 Å². The van der Waals surface area contributed by atoms with E-state index in [0.717, 1.165) is 31.2 Å². The van der Waals surface area contributed by atoms with Gasteiger partial charge in [-0.2, -0.15) is 0 Å². The first-order chi connectivity index (χ1) is 9.13. The van der Waals surface area contributed by atoms with Crippen LogP contribution < -0.4 is 0 Å². The molecule has 0 amide bonds. The number of aromatic hydroxyl groups is 1. The van der Waals surface area contributed by atoms with E-state index in [1.54, 1.807) is 12.1 Å². The SMILES string of the molecule is CCCCCCC(Cl)C(Cl)CCc1cccc(O)c1. The highest BCUT2D eigenvalue weighted by Gasteiger charge is 2.16. The van der Waals surface area contributed by atoms with Crippen LogP contribution in [0.4, 0.5) is 0 Å². The van der Waals surface area contributed by atoms with E-state index in [0.29, 0.717) is 5.75 Å². The minimum atomic E-state index is 0.00522. The number of benzene rings is 1. The van der Waals surface area contributed by atoms with Crippen LogP contribution in [0.3, 0.4) is 0 Å². The summed E-state index contributed by atoms with van der Waals surface area (Å²) < 4.78 is 0. The van der Waals surface area contributed by atoms with Crippen LogP contribution in [-0.2, 0) is 6.42 Å². The maximum absolute atomic E-state index is 9.40. The van der Waals surface area contributed by atoms with Crippen LogP contribution in [-0.4, -0.2) is 15.9 Å². The fraction of sp³-hybridized carbons (Fsp3) is 0.625. The quantitative estimate of drug-likeness (QED) is 0.471. The van der Waals surface area contributed by atoms with E-state index in [2.05, 4.69) is 6.92 Å². The van der Waals surface area contributed by atoms with Gasteiger partial charge in [0.25, 0.3) is 0 Å². The van der Waals surface area contributed by atoms with Gasteiger partial charge in [0.2, 0.25) is 0 Å². The largest absolute Gasteiger partial charge is 0.508 e. The minimum absolute atomic E-state index is 0.00522. The first-order valence-corrected chi connectivity index (χ1v) is 8.06. The lowest BCUT2D eigenvalue weighted by Crippen LogP contribution is -2.15. The van der Waals surface area contributed by atoms with Gasteiger partial charge < -0.3 is 5.11 Å². The average Bonchev–Trinajstić information content (AvgIpc) is 2.41. The van der Waals surface area contributed by atoms with Gasteiger partial charge in [0.15, 0.2) is 0 Å². The van der Waals surface area contributed by atoms with E-state index in [1.807, 2.05) is 12.1 Å². The predicted octanol–water partition coefficient (Wildman–Crippen LogP) is 5.51. The molecule has 1 aromatic rings. The summed E-state index contributed by atoms with van der Waals surface area (Å²) in [7, 11) is 0. The third-order valence-corrected chi connectivity index (χ3v) is 4.52. The molecular formula is C16H24Cl2O. The summed E-state index contributed by atoms with van der Waals surface area (Å²) in [6.45, 7) is 2.21. The van der Waals surface area contributed by atoms with Crippen LogP contribution >= 0.6 is 23.2 Å². The maximum atomic E-state index is 9.40. The van der Waals surface area contributed by atoms with Crippen molar-refractivity contribution >= 4 is 23.2 Å². The number of halogens is 2. The summed E-state index contributed by atoms with van der Waals surface area (Å²) in [4.78, 5) is 0. The number of aryl methyl sites for hydroxylation is 1. The Morgan fingerprint density at radius 1 is 1.05 bits per heavy atom. The molecule has 0 fully saturated rings. The Kier molecular flexibility index (Phi) is 8.32. The number of rotatable bonds is 9. The molecule has 0 aliphatic carbocycles. The number of alkyl halides is 2. The second kappa shape index (κ2) is 9.50. The fourth-order valence-electron chi connectivity index (χ4n) is 2.14.